The van der Waals surface area contributed by atoms with Crippen LogP contribution < -0.4 is 16.1 Å². The average Bonchev–Trinajstić information content (AvgIpc) is 2.51. The third kappa shape index (κ3) is 1.89. The zero-order chi connectivity index (χ0) is 18.0. The standard InChI is InChI=1S/C18H10O7/c1-6-2-7(19)3-11-13(6)17(23)15-12(25-11)4-8-14(18(15)24)9(20)5-10(21)16(8)22/h2-5,20-21,23H,1H3. The number of carbonyl (C=O) groups excluding carboxylic acids is 1. The van der Waals surface area contributed by atoms with E-state index in [0.29, 0.717) is 5.56 Å². The molecular weight excluding hydrogens is 328 g/mol. The molecule has 0 amide bonds. The second kappa shape index (κ2) is 4.70. The van der Waals surface area contributed by atoms with E-state index in [0.717, 1.165) is 18.2 Å². The molecule has 1 heterocycles. The van der Waals surface area contributed by atoms with Gasteiger partial charge >= 0.3 is 0 Å². The summed E-state index contributed by atoms with van der Waals surface area (Å²) < 4.78 is 5.55. The van der Waals surface area contributed by atoms with Crippen LogP contribution in [0.3, 0.4) is 0 Å². The van der Waals surface area contributed by atoms with Crippen LogP contribution in [0.4, 0.5) is 0 Å². The molecule has 4 rings (SSSR count). The first-order valence-corrected chi connectivity index (χ1v) is 7.25. The van der Waals surface area contributed by atoms with Crippen LogP contribution in [0.15, 0.2) is 44.0 Å². The van der Waals surface area contributed by atoms with Crippen molar-refractivity contribution in [2.45, 2.75) is 6.92 Å². The number of fused-ring (bicyclic) bond motifs is 3. The van der Waals surface area contributed by atoms with E-state index in [1.54, 1.807) is 6.92 Å². The molecule has 0 saturated carbocycles. The van der Waals surface area contributed by atoms with E-state index in [4.69, 9.17) is 4.42 Å². The van der Waals surface area contributed by atoms with E-state index in [1.807, 2.05) is 0 Å². The van der Waals surface area contributed by atoms with Crippen LogP contribution in [0.25, 0.3) is 27.7 Å². The molecule has 3 aromatic rings. The maximum Gasteiger partial charge on any atom is 0.228 e. The van der Waals surface area contributed by atoms with Gasteiger partial charge in [0.1, 0.15) is 28.1 Å². The molecule has 0 atom stereocenters. The summed E-state index contributed by atoms with van der Waals surface area (Å²) in [5.41, 5.74) is -1.04. The molecule has 0 spiro atoms. The minimum absolute atomic E-state index is 0.0607. The number of ketones is 1. The van der Waals surface area contributed by atoms with Gasteiger partial charge in [-0.25, -0.2) is 0 Å². The highest BCUT2D eigenvalue weighted by molar-refractivity contribution is 6.12. The first-order chi connectivity index (χ1) is 11.8. The Morgan fingerprint density at radius 1 is 0.920 bits per heavy atom. The molecule has 0 bridgehead atoms. The van der Waals surface area contributed by atoms with Crippen LogP contribution in [0.2, 0.25) is 0 Å². The van der Waals surface area contributed by atoms with Gasteiger partial charge in [-0.05, 0) is 24.6 Å². The Morgan fingerprint density at radius 3 is 2.32 bits per heavy atom. The Bertz CT molecular complexity index is 1330. The van der Waals surface area contributed by atoms with Crippen LogP contribution in [0.1, 0.15) is 15.9 Å². The van der Waals surface area contributed by atoms with Gasteiger partial charge in [0.25, 0.3) is 0 Å². The van der Waals surface area contributed by atoms with Crippen molar-refractivity contribution in [3.8, 4) is 5.75 Å². The molecular formula is C18H10O7. The fraction of sp³-hybridized carbons (Fsp3) is 0.0556. The molecule has 1 aromatic heterocycles. The smallest absolute Gasteiger partial charge is 0.228 e. The lowest BCUT2D eigenvalue weighted by Crippen LogP contribution is -2.35. The summed E-state index contributed by atoms with van der Waals surface area (Å²) in [7, 11) is 0. The van der Waals surface area contributed by atoms with Gasteiger partial charge in [0, 0.05) is 17.7 Å². The van der Waals surface area contributed by atoms with Crippen molar-refractivity contribution in [1.82, 2.24) is 0 Å². The Kier molecular flexibility index (Phi) is 2.81. The topological polar surface area (TPSA) is 125 Å². The fourth-order valence-electron chi connectivity index (χ4n) is 3.13. The Morgan fingerprint density at radius 2 is 1.60 bits per heavy atom. The summed E-state index contributed by atoms with van der Waals surface area (Å²) in [6.07, 6.45) is 0.780. The Labute approximate surface area is 138 Å². The predicted octanol–water partition coefficient (Wildman–Crippen LogP) is 1.34. The summed E-state index contributed by atoms with van der Waals surface area (Å²) in [4.78, 5) is 36.5. The molecule has 0 aliphatic heterocycles. The van der Waals surface area contributed by atoms with E-state index in [9.17, 15) is 29.7 Å². The van der Waals surface area contributed by atoms with Gasteiger partial charge in [-0.3, -0.25) is 14.4 Å². The van der Waals surface area contributed by atoms with Crippen molar-refractivity contribution >= 4 is 33.5 Å². The quantitative estimate of drug-likeness (QED) is 0.528. The van der Waals surface area contributed by atoms with E-state index in [-0.39, 0.29) is 38.1 Å². The van der Waals surface area contributed by atoms with Crippen molar-refractivity contribution in [2.75, 3.05) is 0 Å². The number of hydrogen-bond acceptors (Lipinski definition) is 7. The SMILES string of the molecule is Cc1cc(=O)cc2oc3cc4c(c(=O)c3c(O)c12)=C(O)C=C(O)C4=O. The van der Waals surface area contributed by atoms with E-state index >= 15 is 0 Å². The number of hydrogen-bond donors (Lipinski definition) is 3. The maximum atomic E-state index is 12.8. The number of aliphatic hydroxyl groups excluding tert-OH is 2. The van der Waals surface area contributed by atoms with E-state index in [2.05, 4.69) is 0 Å². The number of allylic oxidation sites excluding steroid dienone is 1. The van der Waals surface area contributed by atoms with Crippen LogP contribution >= 0.6 is 0 Å². The molecule has 25 heavy (non-hydrogen) atoms. The normalized spacial score (nSPS) is 14.0. The summed E-state index contributed by atoms with van der Waals surface area (Å²) >= 11 is 0. The third-order valence-electron chi connectivity index (χ3n) is 4.22. The van der Waals surface area contributed by atoms with Crippen molar-refractivity contribution < 1.29 is 24.5 Å². The fourth-order valence-corrected chi connectivity index (χ4v) is 3.13. The second-order valence-corrected chi connectivity index (χ2v) is 5.81. The maximum absolute atomic E-state index is 12.8. The molecule has 2 aromatic carbocycles. The summed E-state index contributed by atoms with van der Waals surface area (Å²) in [6.45, 7) is 1.58. The lowest BCUT2D eigenvalue weighted by Gasteiger charge is -2.11. The van der Waals surface area contributed by atoms with Gasteiger partial charge in [-0.15, -0.1) is 0 Å². The molecule has 3 N–H and O–H groups in total. The minimum atomic E-state index is -0.852. The lowest BCUT2D eigenvalue weighted by molar-refractivity contribution is 0.0974. The van der Waals surface area contributed by atoms with Gasteiger partial charge in [0.15, 0.2) is 11.2 Å². The first-order valence-electron chi connectivity index (χ1n) is 7.25. The van der Waals surface area contributed by atoms with E-state index < -0.39 is 28.5 Å². The largest absolute Gasteiger partial charge is 0.507 e. The minimum Gasteiger partial charge on any atom is -0.507 e. The molecule has 0 fully saturated rings. The van der Waals surface area contributed by atoms with Gasteiger partial charge < -0.3 is 19.7 Å². The summed E-state index contributed by atoms with van der Waals surface area (Å²) in [5, 5.41) is 29.7. The first kappa shape index (κ1) is 14.9. The number of benzene rings is 2. The molecule has 0 radical (unpaired) electrons. The summed E-state index contributed by atoms with van der Waals surface area (Å²) in [6, 6.07) is 3.61. The van der Waals surface area contributed by atoms with Crippen LogP contribution in [0.5, 0.6) is 5.75 Å². The summed E-state index contributed by atoms with van der Waals surface area (Å²) in [5.74, 6) is -2.55. The highest BCUT2D eigenvalue weighted by Gasteiger charge is 2.25. The number of aliphatic hydroxyl groups is 2. The van der Waals surface area contributed by atoms with Crippen molar-refractivity contribution in [2.24, 2.45) is 0 Å². The number of rotatable bonds is 0. The Hall–Kier alpha value is -3.61. The molecule has 0 unspecified atom stereocenters. The molecule has 7 heteroatoms. The zero-order valence-electron chi connectivity index (χ0n) is 12.8. The number of aryl methyl sites for hydroxylation is 1. The average molecular weight is 338 g/mol. The van der Waals surface area contributed by atoms with Gasteiger partial charge in [0.2, 0.25) is 11.2 Å². The molecule has 7 nitrogen and oxygen atoms in total. The van der Waals surface area contributed by atoms with Crippen LogP contribution in [-0.2, 0) is 0 Å². The molecule has 1 aliphatic rings. The zero-order valence-corrected chi connectivity index (χ0v) is 12.8. The van der Waals surface area contributed by atoms with Crippen molar-refractivity contribution in [1.29, 1.82) is 0 Å². The molecule has 1 aliphatic carbocycles. The molecule has 0 saturated heterocycles. The highest BCUT2D eigenvalue weighted by atomic mass is 16.3. The number of aromatic hydroxyl groups is 1. The van der Waals surface area contributed by atoms with Crippen LogP contribution in [-0.4, -0.2) is 21.1 Å². The van der Waals surface area contributed by atoms with Crippen molar-refractivity contribution in [3.63, 3.8) is 0 Å². The number of carbonyl (C=O) groups is 1. The van der Waals surface area contributed by atoms with Crippen LogP contribution in [0, 0.1) is 6.92 Å². The van der Waals surface area contributed by atoms with E-state index in [1.165, 1.54) is 6.07 Å². The monoisotopic (exact) mass is 338 g/mol. The highest BCUT2D eigenvalue weighted by Crippen LogP contribution is 2.33. The number of Topliss-reactive ketones (excluding diaryl/α,β-unsaturated/α-hetero) is 1. The molecule has 124 valence electrons. The lowest BCUT2D eigenvalue weighted by atomic mass is 9.97. The third-order valence-corrected chi connectivity index (χ3v) is 4.22. The van der Waals surface area contributed by atoms with Gasteiger partial charge in [-0.2, -0.15) is 0 Å². The van der Waals surface area contributed by atoms with Gasteiger partial charge in [0.05, 0.1) is 10.6 Å². The van der Waals surface area contributed by atoms with Gasteiger partial charge in [-0.1, -0.05) is 0 Å². The second-order valence-electron chi connectivity index (χ2n) is 5.81. The van der Waals surface area contributed by atoms with Crippen molar-refractivity contribution in [3.05, 3.63) is 66.8 Å². The Balaban J connectivity index is 2.33. The predicted molar refractivity (Wildman–Crippen MR) is 89.0 cm³/mol.